The van der Waals surface area contributed by atoms with Gasteiger partial charge in [0.1, 0.15) is 23.7 Å². The molecular formula is C31H28FN3O4. The maximum Gasteiger partial charge on any atom is 0.255 e. The molecule has 1 N–H and O–H groups in total. The number of methoxy groups -OCH3 is 1. The maximum absolute atomic E-state index is 13.7. The van der Waals surface area contributed by atoms with Gasteiger partial charge in [0, 0.05) is 43.3 Å². The van der Waals surface area contributed by atoms with Gasteiger partial charge in [0.2, 0.25) is 5.88 Å². The van der Waals surface area contributed by atoms with Gasteiger partial charge in [-0.1, -0.05) is 24.3 Å². The van der Waals surface area contributed by atoms with E-state index in [9.17, 15) is 14.3 Å². The first kappa shape index (κ1) is 24.7. The van der Waals surface area contributed by atoms with Crippen molar-refractivity contribution >= 4 is 27.6 Å². The minimum absolute atomic E-state index is 0.00600. The fourth-order valence-corrected chi connectivity index (χ4v) is 5.03. The Hall–Kier alpha value is -4.59. The van der Waals surface area contributed by atoms with Crippen LogP contribution in [0.4, 0.5) is 4.39 Å². The average molecular weight is 526 g/mol. The molecule has 2 aromatic heterocycles. The molecule has 198 valence electrons. The molecule has 1 aliphatic heterocycles. The van der Waals surface area contributed by atoms with Gasteiger partial charge in [-0.05, 0) is 59.9 Å². The van der Waals surface area contributed by atoms with Gasteiger partial charge in [-0.25, -0.2) is 4.39 Å². The molecule has 0 bridgehead atoms. The van der Waals surface area contributed by atoms with Crippen LogP contribution in [0.3, 0.4) is 0 Å². The predicted octanol–water partition coefficient (Wildman–Crippen LogP) is 5.60. The summed E-state index contributed by atoms with van der Waals surface area (Å²) in [4.78, 5) is 20.3. The van der Waals surface area contributed by atoms with Crippen molar-refractivity contribution in [2.45, 2.75) is 19.4 Å². The van der Waals surface area contributed by atoms with Crippen LogP contribution in [-0.4, -0.2) is 45.7 Å². The number of pyridine rings is 1. The molecule has 0 radical (unpaired) electrons. The largest absolute Gasteiger partial charge is 0.497 e. The Morgan fingerprint density at radius 1 is 1.03 bits per heavy atom. The Bertz CT molecular complexity index is 1690. The normalized spacial score (nSPS) is 13.1. The molecule has 0 unspecified atom stereocenters. The Balaban J connectivity index is 1.51. The zero-order chi connectivity index (χ0) is 27.1. The van der Waals surface area contributed by atoms with Crippen LogP contribution in [0.5, 0.6) is 17.4 Å². The van der Waals surface area contributed by atoms with Gasteiger partial charge in [0.25, 0.3) is 5.91 Å². The van der Waals surface area contributed by atoms with Crippen LogP contribution < -0.4 is 9.47 Å². The number of aromatic nitrogens is 2. The third-order valence-electron chi connectivity index (χ3n) is 7.30. The van der Waals surface area contributed by atoms with Crippen LogP contribution in [0.1, 0.15) is 33.5 Å². The van der Waals surface area contributed by atoms with E-state index in [1.807, 2.05) is 35.2 Å². The van der Waals surface area contributed by atoms with Gasteiger partial charge in [-0.3, -0.25) is 9.78 Å². The third-order valence-corrected chi connectivity index (χ3v) is 7.30. The highest BCUT2D eigenvalue weighted by Gasteiger charge is 2.30. The lowest BCUT2D eigenvalue weighted by molar-refractivity contribution is 0.0656. The molecular weight excluding hydrogens is 497 g/mol. The van der Waals surface area contributed by atoms with Crippen molar-refractivity contribution in [3.8, 4) is 17.4 Å². The number of likely N-dealkylation sites (tertiary alicyclic amines) is 1. The summed E-state index contributed by atoms with van der Waals surface area (Å²) in [6.07, 6.45) is 5.00. The summed E-state index contributed by atoms with van der Waals surface area (Å²) in [5, 5.41) is 12.8. The highest BCUT2D eigenvalue weighted by Crippen LogP contribution is 2.44. The van der Waals surface area contributed by atoms with E-state index in [4.69, 9.17) is 14.5 Å². The van der Waals surface area contributed by atoms with Crippen molar-refractivity contribution in [1.82, 2.24) is 14.5 Å². The van der Waals surface area contributed by atoms with Crippen LogP contribution in [0.25, 0.3) is 21.7 Å². The SMILES string of the molecule is COc1ccc(COc2c3ncc(Cc4ccc(F)cc4)cc3c(C(=O)N3CCC3)c3cn(C)c(O)c23)cc1. The van der Waals surface area contributed by atoms with Gasteiger partial charge >= 0.3 is 0 Å². The summed E-state index contributed by atoms with van der Waals surface area (Å²) in [5.74, 6) is 0.789. The number of aromatic hydroxyl groups is 1. The zero-order valence-corrected chi connectivity index (χ0v) is 21.8. The summed E-state index contributed by atoms with van der Waals surface area (Å²) >= 11 is 0. The molecule has 0 saturated carbocycles. The molecule has 7 nitrogen and oxygen atoms in total. The number of amides is 1. The van der Waals surface area contributed by atoms with Gasteiger partial charge in [0.05, 0.1) is 18.1 Å². The second-order valence-corrected chi connectivity index (χ2v) is 9.88. The minimum Gasteiger partial charge on any atom is -0.497 e. The lowest BCUT2D eigenvalue weighted by atomic mass is 9.96. The number of halogens is 1. The number of rotatable bonds is 7. The standard InChI is InChI=1S/C31H28FN3O4/c1-34-17-25-26(31(37)35-12-3-13-35)24-15-21(14-19-4-8-22(32)9-5-19)16-33-28(24)29(27(25)30(34)36)39-18-20-6-10-23(38-2)11-7-20/h4-11,15-17,36H,3,12-14,18H2,1-2H3. The topological polar surface area (TPSA) is 76.8 Å². The maximum atomic E-state index is 13.7. The molecule has 1 amide bonds. The molecule has 0 atom stereocenters. The highest BCUT2D eigenvalue weighted by atomic mass is 19.1. The quantitative estimate of drug-likeness (QED) is 0.300. The van der Waals surface area contributed by atoms with Crippen molar-refractivity contribution in [2.75, 3.05) is 20.2 Å². The summed E-state index contributed by atoms with van der Waals surface area (Å²) < 4.78 is 26.7. The summed E-state index contributed by atoms with van der Waals surface area (Å²) in [6.45, 7) is 1.62. The average Bonchev–Trinajstić information content (AvgIpc) is 3.20. The Kier molecular flexibility index (Phi) is 6.30. The van der Waals surface area contributed by atoms with E-state index in [1.54, 1.807) is 43.3 Å². The van der Waals surface area contributed by atoms with Crippen molar-refractivity contribution in [1.29, 1.82) is 0 Å². The number of carbonyl (C=O) groups is 1. The Morgan fingerprint density at radius 2 is 1.74 bits per heavy atom. The molecule has 8 heteroatoms. The molecule has 5 aromatic rings. The molecule has 0 spiro atoms. The second kappa shape index (κ2) is 9.94. The fourth-order valence-electron chi connectivity index (χ4n) is 5.03. The van der Waals surface area contributed by atoms with E-state index in [0.717, 1.165) is 28.9 Å². The van der Waals surface area contributed by atoms with E-state index in [2.05, 4.69) is 0 Å². The van der Waals surface area contributed by atoms with E-state index in [1.165, 1.54) is 12.1 Å². The molecule has 1 fully saturated rings. The van der Waals surface area contributed by atoms with Crippen LogP contribution in [-0.2, 0) is 20.1 Å². The van der Waals surface area contributed by atoms with E-state index in [-0.39, 0.29) is 24.2 Å². The van der Waals surface area contributed by atoms with Crippen molar-refractivity contribution in [3.63, 3.8) is 0 Å². The number of ether oxygens (including phenoxy) is 2. The first-order chi connectivity index (χ1) is 18.9. The number of nitrogens with zero attached hydrogens (tertiary/aromatic N) is 3. The number of aryl methyl sites for hydroxylation is 1. The van der Waals surface area contributed by atoms with Gasteiger partial charge in [-0.15, -0.1) is 0 Å². The number of benzene rings is 3. The van der Waals surface area contributed by atoms with Gasteiger partial charge in [-0.2, -0.15) is 0 Å². The van der Waals surface area contributed by atoms with Gasteiger partial charge < -0.3 is 24.0 Å². The van der Waals surface area contributed by atoms with Crippen LogP contribution in [0, 0.1) is 5.82 Å². The highest BCUT2D eigenvalue weighted by molar-refractivity contribution is 6.21. The number of fused-ring (bicyclic) bond motifs is 2. The number of hydrogen-bond acceptors (Lipinski definition) is 5. The summed E-state index contributed by atoms with van der Waals surface area (Å²) in [6, 6.07) is 15.9. The van der Waals surface area contributed by atoms with Crippen molar-refractivity contribution in [3.05, 3.63) is 95.1 Å². The van der Waals surface area contributed by atoms with Crippen molar-refractivity contribution in [2.24, 2.45) is 7.05 Å². The lowest BCUT2D eigenvalue weighted by Crippen LogP contribution is -2.42. The van der Waals surface area contributed by atoms with Crippen LogP contribution in [0.2, 0.25) is 0 Å². The van der Waals surface area contributed by atoms with Crippen molar-refractivity contribution < 1.29 is 23.8 Å². The Labute approximate surface area is 225 Å². The van der Waals surface area contributed by atoms with Crippen LogP contribution >= 0.6 is 0 Å². The third kappa shape index (κ3) is 4.52. The molecule has 39 heavy (non-hydrogen) atoms. The molecule has 1 aliphatic rings. The fraction of sp³-hybridized carbons (Fsp3) is 0.226. The molecule has 1 saturated heterocycles. The number of hydrogen-bond donors (Lipinski definition) is 1. The molecule has 3 heterocycles. The minimum atomic E-state index is -0.289. The lowest BCUT2D eigenvalue weighted by Gasteiger charge is -2.31. The molecule has 6 rings (SSSR count). The first-order valence-electron chi connectivity index (χ1n) is 12.8. The van der Waals surface area contributed by atoms with Crippen LogP contribution in [0.15, 0.2) is 67.0 Å². The molecule has 0 aliphatic carbocycles. The monoisotopic (exact) mass is 525 g/mol. The van der Waals surface area contributed by atoms with E-state index >= 15 is 0 Å². The summed E-state index contributed by atoms with van der Waals surface area (Å²) in [5.41, 5.74) is 3.74. The van der Waals surface area contributed by atoms with E-state index in [0.29, 0.717) is 52.5 Å². The predicted molar refractivity (Wildman–Crippen MR) is 147 cm³/mol. The first-order valence-corrected chi connectivity index (χ1v) is 12.8. The Morgan fingerprint density at radius 3 is 2.41 bits per heavy atom. The second-order valence-electron chi connectivity index (χ2n) is 9.88. The smallest absolute Gasteiger partial charge is 0.255 e. The van der Waals surface area contributed by atoms with Gasteiger partial charge in [0.15, 0.2) is 5.75 Å². The summed E-state index contributed by atoms with van der Waals surface area (Å²) in [7, 11) is 3.35. The zero-order valence-electron chi connectivity index (χ0n) is 21.8. The van der Waals surface area contributed by atoms with E-state index < -0.39 is 0 Å². The number of carbonyl (C=O) groups excluding carboxylic acids is 1. The molecule has 3 aromatic carbocycles.